The minimum atomic E-state index is -0.947. The zero-order valence-electron chi connectivity index (χ0n) is 10.1. The number of Topliss-reactive ketones (excluding diaryl/α,β-unsaturated/α-hetero) is 1. The lowest BCUT2D eigenvalue weighted by molar-refractivity contribution is 0.0978. The van der Waals surface area contributed by atoms with Crippen LogP contribution in [0.3, 0.4) is 0 Å². The van der Waals surface area contributed by atoms with Crippen molar-refractivity contribution in [1.29, 1.82) is 5.26 Å². The standard InChI is InChI=1S/C15H8Br2FNO/c16-11-3-1-9(2-4-11)14(8-19)15(20)10-5-12(17)7-13(18)6-10/h1-7,14H. The van der Waals surface area contributed by atoms with Crippen LogP contribution in [-0.2, 0) is 0 Å². The fourth-order valence-electron chi connectivity index (χ4n) is 1.80. The van der Waals surface area contributed by atoms with Crippen molar-refractivity contribution >= 4 is 37.6 Å². The van der Waals surface area contributed by atoms with Gasteiger partial charge in [-0.1, -0.05) is 44.0 Å². The van der Waals surface area contributed by atoms with E-state index >= 15 is 0 Å². The molecule has 0 saturated carbocycles. The lowest BCUT2D eigenvalue weighted by atomic mass is 9.92. The number of ketones is 1. The summed E-state index contributed by atoms with van der Waals surface area (Å²) in [5, 5.41) is 9.23. The molecule has 2 aromatic carbocycles. The third-order valence-electron chi connectivity index (χ3n) is 2.74. The topological polar surface area (TPSA) is 40.9 Å². The Morgan fingerprint density at radius 1 is 1.10 bits per heavy atom. The third kappa shape index (κ3) is 3.33. The van der Waals surface area contributed by atoms with Crippen molar-refractivity contribution in [2.75, 3.05) is 0 Å². The summed E-state index contributed by atoms with van der Waals surface area (Å²) in [5.41, 5.74) is 0.757. The molecule has 0 aliphatic rings. The number of halogens is 3. The van der Waals surface area contributed by atoms with Crippen LogP contribution in [0.2, 0.25) is 0 Å². The molecular weight excluding hydrogens is 389 g/mol. The van der Waals surface area contributed by atoms with Gasteiger partial charge in [0.25, 0.3) is 0 Å². The second-order valence-corrected chi connectivity index (χ2v) is 5.97. The van der Waals surface area contributed by atoms with Gasteiger partial charge < -0.3 is 0 Å². The van der Waals surface area contributed by atoms with Gasteiger partial charge in [-0.15, -0.1) is 0 Å². The number of benzene rings is 2. The van der Waals surface area contributed by atoms with Gasteiger partial charge in [0.2, 0.25) is 0 Å². The predicted molar refractivity (Wildman–Crippen MR) is 80.9 cm³/mol. The fourth-order valence-corrected chi connectivity index (χ4v) is 2.53. The Bertz CT molecular complexity index is 672. The van der Waals surface area contributed by atoms with E-state index in [1.165, 1.54) is 12.1 Å². The first-order valence-electron chi connectivity index (χ1n) is 5.66. The molecule has 1 atom stereocenters. The van der Waals surface area contributed by atoms with E-state index in [0.717, 1.165) is 10.5 Å². The summed E-state index contributed by atoms with van der Waals surface area (Å²) >= 11 is 6.43. The molecule has 2 nitrogen and oxygen atoms in total. The molecule has 0 spiro atoms. The van der Waals surface area contributed by atoms with Gasteiger partial charge >= 0.3 is 0 Å². The molecule has 0 aliphatic carbocycles. The maximum atomic E-state index is 13.3. The second kappa shape index (κ2) is 6.29. The zero-order chi connectivity index (χ0) is 14.7. The number of rotatable bonds is 3. The molecular formula is C15H8Br2FNO. The number of nitrogens with zero attached hydrogens (tertiary/aromatic N) is 1. The number of carbonyl (C=O) groups is 1. The van der Waals surface area contributed by atoms with Crippen molar-refractivity contribution in [3.8, 4) is 6.07 Å². The normalized spacial score (nSPS) is 11.7. The monoisotopic (exact) mass is 395 g/mol. The molecule has 0 saturated heterocycles. The molecule has 20 heavy (non-hydrogen) atoms. The van der Waals surface area contributed by atoms with Crippen LogP contribution < -0.4 is 0 Å². The van der Waals surface area contributed by atoms with Crippen molar-refractivity contribution in [3.63, 3.8) is 0 Å². The Kier molecular flexibility index (Phi) is 4.69. The molecule has 5 heteroatoms. The minimum absolute atomic E-state index is 0.173. The van der Waals surface area contributed by atoms with Crippen LogP contribution in [0.5, 0.6) is 0 Å². The van der Waals surface area contributed by atoms with Gasteiger partial charge in [-0.3, -0.25) is 4.79 Å². The molecule has 0 amide bonds. The van der Waals surface area contributed by atoms with E-state index in [1.807, 2.05) is 6.07 Å². The average molecular weight is 397 g/mol. The van der Waals surface area contributed by atoms with Gasteiger partial charge in [-0.2, -0.15) is 5.26 Å². The summed E-state index contributed by atoms with van der Waals surface area (Å²) in [7, 11) is 0. The summed E-state index contributed by atoms with van der Waals surface area (Å²) < 4.78 is 14.7. The van der Waals surface area contributed by atoms with Crippen LogP contribution in [-0.4, -0.2) is 5.78 Å². The lowest BCUT2D eigenvalue weighted by Crippen LogP contribution is -2.11. The Balaban J connectivity index is 2.39. The third-order valence-corrected chi connectivity index (χ3v) is 3.73. The van der Waals surface area contributed by atoms with Crippen molar-refractivity contribution < 1.29 is 9.18 Å². The van der Waals surface area contributed by atoms with Crippen molar-refractivity contribution in [1.82, 2.24) is 0 Å². The van der Waals surface area contributed by atoms with Crippen LogP contribution >= 0.6 is 31.9 Å². The summed E-state index contributed by atoms with van der Waals surface area (Å²) in [6.45, 7) is 0. The number of hydrogen-bond donors (Lipinski definition) is 0. The molecule has 100 valence electrons. The highest BCUT2D eigenvalue weighted by atomic mass is 79.9. The smallest absolute Gasteiger partial charge is 0.184 e. The summed E-state index contributed by atoms with van der Waals surface area (Å²) in [6, 6.07) is 12.8. The number of nitriles is 1. The van der Waals surface area contributed by atoms with E-state index in [9.17, 15) is 14.4 Å². The summed E-state index contributed by atoms with van der Waals surface area (Å²) in [4.78, 5) is 12.3. The molecule has 0 heterocycles. The zero-order valence-corrected chi connectivity index (χ0v) is 13.3. The maximum Gasteiger partial charge on any atom is 0.184 e. The molecule has 1 unspecified atom stereocenters. The molecule has 0 fully saturated rings. The number of hydrogen-bond acceptors (Lipinski definition) is 2. The summed E-state index contributed by atoms with van der Waals surface area (Å²) in [6.07, 6.45) is 0. The first-order valence-corrected chi connectivity index (χ1v) is 7.25. The van der Waals surface area contributed by atoms with E-state index in [2.05, 4.69) is 31.9 Å². The first-order chi connectivity index (χ1) is 9.51. The average Bonchev–Trinajstić information content (AvgIpc) is 2.40. The highest BCUT2D eigenvalue weighted by Crippen LogP contribution is 2.24. The number of carbonyl (C=O) groups excluding carboxylic acids is 1. The SMILES string of the molecule is N#CC(C(=O)c1cc(F)cc(Br)c1)c1ccc(Br)cc1. The minimum Gasteiger partial charge on any atom is -0.292 e. The molecule has 0 bridgehead atoms. The van der Waals surface area contributed by atoms with Gasteiger partial charge in [0.1, 0.15) is 11.7 Å². The quantitative estimate of drug-likeness (QED) is 0.696. The fraction of sp³-hybridized carbons (Fsp3) is 0.0667. The Morgan fingerprint density at radius 2 is 1.75 bits per heavy atom. The van der Waals surface area contributed by atoms with Gasteiger partial charge in [-0.25, -0.2) is 4.39 Å². The molecule has 0 radical (unpaired) electrons. The van der Waals surface area contributed by atoms with Crippen LogP contribution in [0, 0.1) is 17.1 Å². The van der Waals surface area contributed by atoms with E-state index in [0.29, 0.717) is 10.0 Å². The van der Waals surface area contributed by atoms with Crippen LogP contribution in [0.4, 0.5) is 4.39 Å². The van der Waals surface area contributed by atoms with Crippen LogP contribution in [0.25, 0.3) is 0 Å². The second-order valence-electron chi connectivity index (χ2n) is 4.14. The Labute approximate surface area is 132 Å². The molecule has 2 aromatic rings. The molecule has 2 rings (SSSR count). The van der Waals surface area contributed by atoms with Crippen molar-refractivity contribution in [2.45, 2.75) is 5.92 Å². The molecule has 0 N–H and O–H groups in total. The van der Waals surface area contributed by atoms with Crippen LogP contribution in [0.1, 0.15) is 21.8 Å². The Morgan fingerprint density at radius 3 is 2.30 bits per heavy atom. The van der Waals surface area contributed by atoms with Crippen LogP contribution in [0.15, 0.2) is 51.4 Å². The largest absolute Gasteiger partial charge is 0.292 e. The van der Waals surface area contributed by atoms with Gasteiger partial charge in [-0.05, 0) is 35.9 Å². The van der Waals surface area contributed by atoms with Gasteiger partial charge in [0.15, 0.2) is 5.78 Å². The summed E-state index contributed by atoms with van der Waals surface area (Å²) in [5.74, 6) is -1.89. The van der Waals surface area contributed by atoms with Crippen molar-refractivity contribution in [3.05, 3.63) is 68.4 Å². The van der Waals surface area contributed by atoms with Gasteiger partial charge in [0, 0.05) is 14.5 Å². The Hall–Kier alpha value is -1.51. The maximum absolute atomic E-state index is 13.3. The lowest BCUT2D eigenvalue weighted by Gasteiger charge is -2.09. The highest BCUT2D eigenvalue weighted by molar-refractivity contribution is 9.10. The first kappa shape index (κ1) is 14.9. The molecule has 0 aromatic heterocycles. The molecule has 0 aliphatic heterocycles. The highest BCUT2D eigenvalue weighted by Gasteiger charge is 2.22. The van der Waals surface area contributed by atoms with Gasteiger partial charge in [0.05, 0.1) is 6.07 Å². The van der Waals surface area contributed by atoms with Crippen molar-refractivity contribution in [2.24, 2.45) is 0 Å². The van der Waals surface area contributed by atoms with E-state index in [-0.39, 0.29) is 5.56 Å². The van der Waals surface area contributed by atoms with E-state index < -0.39 is 17.5 Å². The van der Waals surface area contributed by atoms with E-state index in [4.69, 9.17) is 0 Å². The predicted octanol–water partition coefficient (Wildman–Crippen LogP) is 4.84. The van der Waals surface area contributed by atoms with E-state index in [1.54, 1.807) is 24.3 Å².